The van der Waals surface area contributed by atoms with E-state index in [0.29, 0.717) is 19.1 Å². The van der Waals surface area contributed by atoms with Gasteiger partial charge in [0.25, 0.3) is 5.56 Å². The van der Waals surface area contributed by atoms with Crippen LogP contribution in [0.3, 0.4) is 0 Å². The van der Waals surface area contributed by atoms with Crippen LogP contribution in [-0.4, -0.2) is 33.4 Å². The maximum absolute atomic E-state index is 12.2. The molecule has 0 bridgehead atoms. The van der Waals surface area contributed by atoms with Crippen molar-refractivity contribution in [2.24, 2.45) is 5.73 Å². The molecule has 0 spiro atoms. The molecule has 1 atom stereocenters. The largest absolute Gasteiger partial charge is 0.329 e. The lowest BCUT2D eigenvalue weighted by Gasteiger charge is -2.34. The number of nitrogens with zero attached hydrogens (tertiary/aromatic N) is 3. The molecule has 0 radical (unpaired) electrons. The molecule has 3 rings (SSSR count). The number of aryl methyl sites for hydroxylation is 1. The fraction of sp³-hybridized carbons (Fsp3) is 0.500. The molecule has 0 aromatic carbocycles. The molecule has 5 nitrogen and oxygen atoms in total. The minimum atomic E-state index is -0.0139. The molecule has 0 aliphatic carbocycles. The second-order valence-corrected chi connectivity index (χ2v) is 5.83. The van der Waals surface area contributed by atoms with E-state index in [4.69, 9.17) is 5.73 Å². The van der Waals surface area contributed by atoms with Gasteiger partial charge in [0.1, 0.15) is 5.65 Å². The highest BCUT2D eigenvalue weighted by Gasteiger charge is 2.21. The van der Waals surface area contributed by atoms with E-state index in [2.05, 4.69) is 9.88 Å². The fourth-order valence-corrected chi connectivity index (χ4v) is 3.13. The minimum absolute atomic E-state index is 0.0139. The molecule has 5 heteroatoms. The first-order valence-electron chi connectivity index (χ1n) is 7.61. The summed E-state index contributed by atoms with van der Waals surface area (Å²) in [6.45, 7) is 4.40. The van der Waals surface area contributed by atoms with Gasteiger partial charge < -0.3 is 5.73 Å². The van der Waals surface area contributed by atoms with E-state index in [1.165, 1.54) is 12.8 Å². The minimum Gasteiger partial charge on any atom is -0.329 e. The molecule has 0 amide bonds. The Morgan fingerprint density at radius 2 is 2.29 bits per heavy atom. The summed E-state index contributed by atoms with van der Waals surface area (Å²) in [5.41, 5.74) is 8.46. The molecule has 0 saturated carbocycles. The normalized spacial score (nSPS) is 20.0. The molecule has 2 aromatic rings. The van der Waals surface area contributed by atoms with Crippen molar-refractivity contribution in [2.75, 3.05) is 13.1 Å². The monoisotopic (exact) mass is 286 g/mol. The number of aromatic nitrogens is 2. The zero-order valence-electron chi connectivity index (χ0n) is 12.5. The lowest BCUT2D eigenvalue weighted by atomic mass is 10.0. The van der Waals surface area contributed by atoms with Crippen molar-refractivity contribution >= 4 is 5.65 Å². The number of piperidine rings is 1. The zero-order chi connectivity index (χ0) is 14.8. The molecular formula is C16H22N4O. The summed E-state index contributed by atoms with van der Waals surface area (Å²) in [5, 5.41) is 0. The molecule has 1 saturated heterocycles. The van der Waals surface area contributed by atoms with Crippen LogP contribution >= 0.6 is 0 Å². The second-order valence-electron chi connectivity index (χ2n) is 5.83. The van der Waals surface area contributed by atoms with Crippen LogP contribution in [0.4, 0.5) is 0 Å². The van der Waals surface area contributed by atoms with Gasteiger partial charge in [-0.3, -0.25) is 14.1 Å². The van der Waals surface area contributed by atoms with E-state index in [-0.39, 0.29) is 5.56 Å². The molecule has 1 aliphatic rings. The van der Waals surface area contributed by atoms with Crippen LogP contribution in [0.25, 0.3) is 5.65 Å². The van der Waals surface area contributed by atoms with Gasteiger partial charge in [0.2, 0.25) is 0 Å². The van der Waals surface area contributed by atoms with Crippen LogP contribution in [0.2, 0.25) is 0 Å². The van der Waals surface area contributed by atoms with Crippen molar-refractivity contribution in [1.29, 1.82) is 0 Å². The van der Waals surface area contributed by atoms with E-state index in [9.17, 15) is 4.79 Å². The van der Waals surface area contributed by atoms with Gasteiger partial charge in [-0.15, -0.1) is 0 Å². The van der Waals surface area contributed by atoms with Gasteiger partial charge in [0, 0.05) is 31.4 Å². The summed E-state index contributed by atoms with van der Waals surface area (Å²) >= 11 is 0. The van der Waals surface area contributed by atoms with Gasteiger partial charge in [-0.2, -0.15) is 0 Å². The predicted octanol–water partition coefficient (Wildman–Crippen LogP) is 1.32. The lowest BCUT2D eigenvalue weighted by Crippen LogP contribution is -2.43. The topological polar surface area (TPSA) is 63.6 Å². The van der Waals surface area contributed by atoms with Crippen molar-refractivity contribution in [2.45, 2.75) is 38.8 Å². The van der Waals surface area contributed by atoms with Crippen LogP contribution in [0, 0.1) is 6.92 Å². The van der Waals surface area contributed by atoms with Crippen LogP contribution in [0.5, 0.6) is 0 Å². The number of rotatable bonds is 3. The van der Waals surface area contributed by atoms with E-state index >= 15 is 0 Å². The van der Waals surface area contributed by atoms with Gasteiger partial charge in [-0.25, -0.2) is 4.98 Å². The van der Waals surface area contributed by atoms with Crippen LogP contribution in [0.1, 0.15) is 30.5 Å². The van der Waals surface area contributed by atoms with Crippen molar-refractivity contribution in [3.63, 3.8) is 0 Å². The zero-order valence-corrected chi connectivity index (χ0v) is 12.5. The number of nitrogens with two attached hydrogens (primary N) is 1. The molecule has 3 heterocycles. The molecule has 2 aromatic heterocycles. The Kier molecular flexibility index (Phi) is 4.03. The van der Waals surface area contributed by atoms with Crippen molar-refractivity contribution in [3.8, 4) is 0 Å². The number of pyridine rings is 1. The molecule has 2 N–H and O–H groups in total. The maximum Gasteiger partial charge on any atom is 0.258 e. The van der Waals surface area contributed by atoms with Gasteiger partial charge in [-0.1, -0.05) is 12.5 Å². The van der Waals surface area contributed by atoms with E-state index in [1.54, 1.807) is 16.7 Å². The number of hydrogen-bond donors (Lipinski definition) is 1. The third-order valence-corrected chi connectivity index (χ3v) is 4.33. The smallest absolute Gasteiger partial charge is 0.258 e. The Hall–Kier alpha value is -1.72. The van der Waals surface area contributed by atoms with E-state index < -0.39 is 0 Å². The van der Waals surface area contributed by atoms with Crippen LogP contribution in [0.15, 0.2) is 29.2 Å². The number of likely N-dealkylation sites (tertiary alicyclic amines) is 1. The fourth-order valence-electron chi connectivity index (χ4n) is 3.13. The Bertz CT molecular complexity index is 694. The molecular weight excluding hydrogens is 264 g/mol. The second kappa shape index (κ2) is 5.95. The summed E-state index contributed by atoms with van der Waals surface area (Å²) in [5.74, 6) is 0. The van der Waals surface area contributed by atoms with Crippen molar-refractivity contribution in [1.82, 2.24) is 14.3 Å². The summed E-state index contributed by atoms with van der Waals surface area (Å²) < 4.78 is 1.61. The average Bonchev–Trinajstić information content (AvgIpc) is 2.49. The Balaban J connectivity index is 1.94. The number of hydrogen-bond acceptors (Lipinski definition) is 4. The average molecular weight is 286 g/mol. The first kappa shape index (κ1) is 14.2. The predicted molar refractivity (Wildman–Crippen MR) is 83.3 cm³/mol. The van der Waals surface area contributed by atoms with Crippen LogP contribution in [-0.2, 0) is 6.54 Å². The highest BCUT2D eigenvalue weighted by Crippen LogP contribution is 2.18. The Morgan fingerprint density at radius 3 is 3.10 bits per heavy atom. The van der Waals surface area contributed by atoms with Crippen molar-refractivity contribution < 1.29 is 0 Å². The van der Waals surface area contributed by atoms with Gasteiger partial charge in [0.05, 0.1) is 5.69 Å². The summed E-state index contributed by atoms with van der Waals surface area (Å²) in [7, 11) is 0. The standard InChI is InChI=1S/C16H22N4O/c1-12-5-4-8-20-15(21)9-13(18-16(12)20)11-19-7-3-2-6-14(19)10-17/h4-5,8-9,14H,2-3,6-7,10-11,17H2,1H3. The first-order valence-corrected chi connectivity index (χ1v) is 7.61. The van der Waals surface area contributed by atoms with Gasteiger partial charge in [-0.05, 0) is 37.9 Å². The lowest BCUT2D eigenvalue weighted by molar-refractivity contribution is 0.143. The third kappa shape index (κ3) is 2.84. The van der Waals surface area contributed by atoms with E-state index in [0.717, 1.165) is 29.9 Å². The van der Waals surface area contributed by atoms with Gasteiger partial charge in [0.15, 0.2) is 0 Å². The summed E-state index contributed by atoms with van der Waals surface area (Å²) in [4.78, 5) is 19.3. The third-order valence-electron chi connectivity index (χ3n) is 4.33. The van der Waals surface area contributed by atoms with Gasteiger partial charge >= 0.3 is 0 Å². The highest BCUT2D eigenvalue weighted by molar-refractivity contribution is 5.46. The molecule has 21 heavy (non-hydrogen) atoms. The molecule has 1 fully saturated rings. The van der Waals surface area contributed by atoms with Crippen molar-refractivity contribution in [3.05, 3.63) is 46.0 Å². The Morgan fingerprint density at radius 1 is 1.43 bits per heavy atom. The Labute approximate surface area is 124 Å². The SMILES string of the molecule is Cc1cccn2c(=O)cc(CN3CCCCC3CN)nc12. The molecule has 112 valence electrons. The molecule has 1 unspecified atom stereocenters. The number of fused-ring (bicyclic) bond motifs is 1. The maximum atomic E-state index is 12.2. The highest BCUT2D eigenvalue weighted by atomic mass is 16.1. The first-order chi connectivity index (χ1) is 10.2. The summed E-state index contributed by atoms with van der Waals surface area (Å²) in [6.07, 6.45) is 5.35. The van der Waals surface area contributed by atoms with Crippen LogP contribution < -0.4 is 11.3 Å². The van der Waals surface area contributed by atoms with E-state index in [1.807, 2.05) is 19.1 Å². The summed E-state index contributed by atoms with van der Waals surface area (Å²) in [6, 6.07) is 5.92. The quantitative estimate of drug-likeness (QED) is 0.924. The molecule has 1 aliphatic heterocycles.